The van der Waals surface area contributed by atoms with Crippen molar-refractivity contribution in [3.8, 4) is 5.75 Å². The second kappa shape index (κ2) is 5.87. The summed E-state index contributed by atoms with van der Waals surface area (Å²) >= 11 is 13.6. The second-order valence-electron chi connectivity index (χ2n) is 2.80. The summed E-state index contributed by atoms with van der Waals surface area (Å²) in [5.74, 6) is 0.259. The Hall–Kier alpha value is 0.940. The van der Waals surface area contributed by atoms with Crippen molar-refractivity contribution in [1.29, 1.82) is 0 Å². The van der Waals surface area contributed by atoms with Gasteiger partial charge in [0, 0.05) is 4.47 Å². The molecule has 1 nitrogen and oxygen atoms in total. The molecule has 78 valence electrons. The van der Waals surface area contributed by atoms with Crippen LogP contribution in [0.1, 0.15) is 12.0 Å². The van der Waals surface area contributed by atoms with E-state index in [0.717, 1.165) is 21.8 Å². The smallest absolute Gasteiger partial charge is 0.130 e. The molecular weight excluding hydrogens is 444 g/mol. The lowest BCUT2D eigenvalue weighted by Gasteiger charge is -2.08. The molecule has 1 rings (SSSR count). The number of aromatic hydroxyl groups is 1. The largest absolute Gasteiger partial charge is 0.507 e. The Morgan fingerprint density at radius 1 is 1.14 bits per heavy atom. The van der Waals surface area contributed by atoms with E-state index in [1.165, 1.54) is 5.56 Å². The number of rotatable bonds is 3. The van der Waals surface area contributed by atoms with E-state index in [2.05, 4.69) is 63.7 Å². The number of halogens is 4. The summed E-state index contributed by atoms with van der Waals surface area (Å²) in [4.78, 5) is 0. The van der Waals surface area contributed by atoms with Gasteiger partial charge in [-0.2, -0.15) is 0 Å². The van der Waals surface area contributed by atoms with E-state index in [9.17, 15) is 5.11 Å². The first-order valence-electron chi connectivity index (χ1n) is 3.96. The van der Waals surface area contributed by atoms with Gasteiger partial charge in [-0.1, -0.05) is 37.9 Å². The summed E-state index contributed by atoms with van der Waals surface area (Å²) in [6.45, 7) is 0. The molecule has 0 spiro atoms. The molecule has 0 aliphatic carbocycles. The molecule has 0 aromatic heterocycles. The Morgan fingerprint density at radius 2 is 1.79 bits per heavy atom. The van der Waals surface area contributed by atoms with Crippen molar-refractivity contribution < 1.29 is 5.11 Å². The lowest BCUT2D eigenvalue weighted by Crippen LogP contribution is -1.92. The number of benzene rings is 1. The molecule has 0 aliphatic rings. The highest BCUT2D eigenvalue weighted by Gasteiger charge is 2.09. The third-order valence-electron chi connectivity index (χ3n) is 1.77. The van der Waals surface area contributed by atoms with Crippen LogP contribution in [0.5, 0.6) is 5.75 Å². The molecule has 1 aromatic rings. The Labute approximate surface area is 117 Å². The van der Waals surface area contributed by atoms with E-state index in [4.69, 9.17) is 0 Å². The van der Waals surface area contributed by atoms with Crippen LogP contribution in [0, 0.1) is 0 Å². The van der Waals surface area contributed by atoms with Crippen molar-refractivity contribution in [1.82, 2.24) is 0 Å². The number of hydrogen-bond donors (Lipinski definition) is 1. The van der Waals surface area contributed by atoms with Crippen molar-refractivity contribution in [2.24, 2.45) is 0 Å². The average molecular weight is 452 g/mol. The zero-order valence-corrected chi connectivity index (χ0v) is 13.4. The van der Waals surface area contributed by atoms with E-state index in [-0.39, 0.29) is 5.75 Å². The van der Waals surface area contributed by atoms with Gasteiger partial charge in [-0.15, -0.1) is 0 Å². The molecule has 14 heavy (non-hydrogen) atoms. The molecule has 1 aromatic carbocycles. The van der Waals surface area contributed by atoms with Gasteiger partial charge in [0.2, 0.25) is 0 Å². The van der Waals surface area contributed by atoms with Crippen LogP contribution in [0.2, 0.25) is 0 Å². The van der Waals surface area contributed by atoms with Gasteiger partial charge in [0.15, 0.2) is 0 Å². The van der Waals surface area contributed by atoms with Gasteiger partial charge < -0.3 is 5.11 Å². The third kappa shape index (κ3) is 3.51. The minimum Gasteiger partial charge on any atom is -0.507 e. The zero-order valence-electron chi connectivity index (χ0n) is 7.11. The summed E-state index contributed by atoms with van der Waals surface area (Å²) in [7, 11) is 0. The molecule has 1 N–H and O–H groups in total. The maximum Gasteiger partial charge on any atom is 0.130 e. The average Bonchev–Trinajstić information content (AvgIpc) is 2.13. The van der Waals surface area contributed by atoms with Crippen LogP contribution in [-0.2, 0) is 6.42 Å². The number of hydrogen-bond acceptors (Lipinski definition) is 1. The predicted octanol–water partition coefficient (Wildman–Crippen LogP) is 4.97. The Balaban J connectivity index is 2.83. The van der Waals surface area contributed by atoms with Crippen LogP contribution in [0.3, 0.4) is 0 Å². The fraction of sp³-hybridized carbons (Fsp3) is 0.333. The lowest BCUT2D eigenvalue weighted by molar-refractivity contribution is 0.471. The van der Waals surface area contributed by atoms with Gasteiger partial charge in [0.05, 0.1) is 8.21 Å². The molecule has 0 saturated carbocycles. The van der Waals surface area contributed by atoms with Crippen molar-refractivity contribution in [3.63, 3.8) is 0 Å². The Kier molecular flexibility index (Phi) is 5.45. The van der Waals surface area contributed by atoms with Crippen LogP contribution in [0.4, 0.5) is 0 Å². The van der Waals surface area contributed by atoms with Gasteiger partial charge in [-0.3, -0.25) is 0 Å². The highest BCUT2D eigenvalue weighted by molar-refractivity contribution is 9.24. The second-order valence-corrected chi connectivity index (χ2v) is 7.83. The molecule has 0 radical (unpaired) electrons. The van der Waals surface area contributed by atoms with E-state index in [1.54, 1.807) is 6.07 Å². The molecule has 0 atom stereocenters. The molecule has 0 bridgehead atoms. The number of alkyl halides is 2. The fourth-order valence-electron chi connectivity index (χ4n) is 1.04. The standard InChI is InChI=1S/C9H8Br4O/c10-7(11)4-2-5-1-3-6(14)9(13)8(5)12/h1,3,7,14H,2,4H2. The van der Waals surface area contributed by atoms with E-state index in [1.807, 2.05) is 6.07 Å². The zero-order chi connectivity index (χ0) is 10.7. The Morgan fingerprint density at radius 3 is 2.36 bits per heavy atom. The van der Waals surface area contributed by atoms with Crippen molar-refractivity contribution in [2.75, 3.05) is 0 Å². The minimum absolute atomic E-state index is 0.259. The van der Waals surface area contributed by atoms with Crippen molar-refractivity contribution >= 4 is 63.7 Å². The van der Waals surface area contributed by atoms with Gasteiger partial charge in [-0.05, 0) is 56.3 Å². The highest BCUT2D eigenvalue weighted by Crippen LogP contribution is 2.35. The van der Waals surface area contributed by atoms with Crippen LogP contribution in [0.15, 0.2) is 21.1 Å². The van der Waals surface area contributed by atoms with E-state index >= 15 is 0 Å². The first-order chi connectivity index (χ1) is 6.52. The van der Waals surface area contributed by atoms with E-state index < -0.39 is 0 Å². The summed E-state index contributed by atoms with van der Waals surface area (Å²) in [6.07, 6.45) is 1.94. The van der Waals surface area contributed by atoms with Gasteiger partial charge >= 0.3 is 0 Å². The number of phenols is 1. The first-order valence-corrected chi connectivity index (χ1v) is 7.38. The first kappa shape index (κ1) is 13.0. The summed E-state index contributed by atoms with van der Waals surface area (Å²) < 4.78 is 1.98. The summed E-state index contributed by atoms with van der Waals surface area (Å²) in [6, 6.07) is 3.62. The lowest BCUT2D eigenvalue weighted by atomic mass is 10.1. The Bertz CT molecular complexity index is 325. The molecule has 5 heteroatoms. The number of phenolic OH excluding ortho intramolecular Hbond substituents is 1. The van der Waals surface area contributed by atoms with E-state index in [0.29, 0.717) is 3.74 Å². The third-order valence-corrected chi connectivity index (χ3v) is 4.93. The molecule has 0 amide bonds. The topological polar surface area (TPSA) is 20.2 Å². The highest BCUT2D eigenvalue weighted by atomic mass is 79.9. The maximum atomic E-state index is 9.41. The van der Waals surface area contributed by atoms with Crippen LogP contribution in [0.25, 0.3) is 0 Å². The predicted molar refractivity (Wildman–Crippen MR) is 73.5 cm³/mol. The normalized spacial score (nSPS) is 10.9. The minimum atomic E-state index is 0.259. The molecular formula is C9H8Br4O. The fourth-order valence-corrected chi connectivity index (χ4v) is 2.42. The SMILES string of the molecule is Oc1ccc(CCC(Br)Br)c(Br)c1Br. The summed E-state index contributed by atoms with van der Waals surface area (Å²) in [5.41, 5.74) is 1.18. The molecule has 0 saturated heterocycles. The quantitative estimate of drug-likeness (QED) is 0.644. The summed E-state index contributed by atoms with van der Waals surface area (Å²) in [5, 5.41) is 9.41. The maximum absolute atomic E-state index is 9.41. The molecule has 0 heterocycles. The van der Waals surface area contributed by atoms with Crippen molar-refractivity contribution in [3.05, 3.63) is 26.6 Å². The van der Waals surface area contributed by atoms with Crippen molar-refractivity contribution in [2.45, 2.75) is 16.6 Å². The monoisotopic (exact) mass is 448 g/mol. The molecule has 0 fully saturated rings. The van der Waals surface area contributed by atoms with Gasteiger partial charge in [0.25, 0.3) is 0 Å². The van der Waals surface area contributed by atoms with Crippen LogP contribution in [-0.4, -0.2) is 8.84 Å². The van der Waals surface area contributed by atoms with Crippen LogP contribution >= 0.6 is 63.7 Å². The number of aryl methyl sites for hydroxylation is 1. The van der Waals surface area contributed by atoms with Gasteiger partial charge in [0.1, 0.15) is 5.75 Å². The van der Waals surface area contributed by atoms with Crippen LogP contribution < -0.4 is 0 Å². The molecule has 0 unspecified atom stereocenters. The van der Waals surface area contributed by atoms with Gasteiger partial charge in [-0.25, -0.2) is 0 Å². The molecule has 0 aliphatic heterocycles.